The molecule has 0 radical (unpaired) electrons. The van der Waals surface area contributed by atoms with E-state index in [0.717, 1.165) is 9.87 Å². The van der Waals surface area contributed by atoms with Crippen molar-refractivity contribution < 1.29 is 18.0 Å². The van der Waals surface area contributed by atoms with Crippen LogP contribution in [0.4, 0.5) is 5.69 Å². The second kappa shape index (κ2) is 13.3. The van der Waals surface area contributed by atoms with Crippen LogP contribution in [0.1, 0.15) is 25.8 Å². The molecule has 0 saturated heterocycles. The fourth-order valence-corrected chi connectivity index (χ4v) is 6.06. The highest BCUT2D eigenvalue weighted by molar-refractivity contribution is 7.92. The van der Waals surface area contributed by atoms with Gasteiger partial charge in [0.15, 0.2) is 0 Å². The van der Waals surface area contributed by atoms with Gasteiger partial charge in [-0.3, -0.25) is 13.9 Å². The number of nitrogens with zero attached hydrogens (tertiary/aromatic N) is 2. The van der Waals surface area contributed by atoms with Crippen molar-refractivity contribution in [3.63, 3.8) is 0 Å². The lowest BCUT2D eigenvalue weighted by Gasteiger charge is -2.33. The Labute approximate surface area is 238 Å². The molecule has 3 aromatic rings. The minimum Gasteiger partial charge on any atom is -0.355 e. The number of anilines is 1. The third-order valence-electron chi connectivity index (χ3n) is 5.79. The van der Waals surface area contributed by atoms with Crippen molar-refractivity contribution in [2.24, 2.45) is 0 Å². The average Bonchev–Trinajstić information content (AvgIpc) is 2.89. The van der Waals surface area contributed by atoms with Crippen molar-refractivity contribution in [1.29, 1.82) is 0 Å². The molecular weight excluding hydrogens is 569 g/mol. The molecule has 0 aromatic heterocycles. The van der Waals surface area contributed by atoms with Gasteiger partial charge in [0, 0.05) is 23.1 Å². The quantitative estimate of drug-likeness (QED) is 0.304. The molecule has 3 aromatic carbocycles. The van der Waals surface area contributed by atoms with Gasteiger partial charge in [0.1, 0.15) is 12.6 Å². The fourth-order valence-electron chi connectivity index (χ4n) is 3.91. The van der Waals surface area contributed by atoms with Gasteiger partial charge in [-0.1, -0.05) is 72.1 Å². The van der Waals surface area contributed by atoms with Crippen molar-refractivity contribution in [1.82, 2.24) is 10.2 Å². The lowest BCUT2D eigenvalue weighted by Crippen LogP contribution is -2.52. The summed E-state index contributed by atoms with van der Waals surface area (Å²) in [6, 6.07) is 18.1. The minimum absolute atomic E-state index is 0.0150. The molecule has 0 spiro atoms. The monoisotopic (exact) mass is 595 g/mol. The Morgan fingerprint density at radius 2 is 1.53 bits per heavy atom. The zero-order valence-electron chi connectivity index (χ0n) is 20.9. The predicted molar refractivity (Wildman–Crippen MR) is 152 cm³/mol. The van der Waals surface area contributed by atoms with Crippen molar-refractivity contribution >= 4 is 62.3 Å². The molecule has 0 aliphatic carbocycles. The van der Waals surface area contributed by atoms with Crippen LogP contribution in [0.15, 0.2) is 77.7 Å². The Balaban J connectivity index is 2.08. The number of sulfonamides is 1. The van der Waals surface area contributed by atoms with Gasteiger partial charge >= 0.3 is 0 Å². The van der Waals surface area contributed by atoms with Crippen molar-refractivity contribution in [3.8, 4) is 0 Å². The van der Waals surface area contributed by atoms with Gasteiger partial charge in [0.2, 0.25) is 11.8 Å². The number of benzene rings is 3. The highest BCUT2D eigenvalue weighted by Crippen LogP contribution is 2.33. The summed E-state index contributed by atoms with van der Waals surface area (Å²) >= 11 is 18.5. The number of rotatable bonds is 11. The Morgan fingerprint density at radius 3 is 2.11 bits per heavy atom. The van der Waals surface area contributed by atoms with Crippen LogP contribution in [-0.2, 0) is 26.2 Å². The number of halogens is 3. The maximum atomic E-state index is 13.9. The Hall–Kier alpha value is -2.78. The van der Waals surface area contributed by atoms with Crippen LogP contribution in [0.25, 0.3) is 0 Å². The predicted octanol–water partition coefficient (Wildman–Crippen LogP) is 5.79. The van der Waals surface area contributed by atoms with Gasteiger partial charge in [0.05, 0.1) is 15.6 Å². The normalized spacial score (nSPS) is 12.0. The number of carbonyl (C=O) groups is 2. The Morgan fingerprint density at radius 1 is 0.895 bits per heavy atom. The van der Waals surface area contributed by atoms with Crippen LogP contribution in [0.2, 0.25) is 15.1 Å². The lowest BCUT2D eigenvalue weighted by atomic mass is 10.1. The maximum absolute atomic E-state index is 13.9. The molecule has 11 heteroatoms. The first-order valence-corrected chi connectivity index (χ1v) is 14.5. The number of nitrogens with one attached hydrogen (secondary N) is 1. The first-order valence-electron chi connectivity index (χ1n) is 11.9. The van der Waals surface area contributed by atoms with E-state index >= 15 is 0 Å². The number of hydrogen-bond donors (Lipinski definition) is 1. The Bertz CT molecular complexity index is 1370. The first kappa shape index (κ1) is 29.8. The van der Waals surface area contributed by atoms with Crippen LogP contribution in [0, 0.1) is 0 Å². The van der Waals surface area contributed by atoms with E-state index in [1.54, 1.807) is 56.3 Å². The third kappa shape index (κ3) is 7.20. The van der Waals surface area contributed by atoms with Crippen LogP contribution in [0.5, 0.6) is 0 Å². The molecule has 3 rings (SSSR count). The summed E-state index contributed by atoms with van der Waals surface area (Å²) in [5.74, 6) is -0.914. The number of hydrogen-bond acceptors (Lipinski definition) is 4. The zero-order chi connectivity index (χ0) is 27.9. The molecule has 0 aliphatic heterocycles. The highest BCUT2D eigenvalue weighted by Gasteiger charge is 2.34. The summed E-state index contributed by atoms with van der Waals surface area (Å²) in [5.41, 5.74) is 0.818. The molecule has 0 fully saturated rings. The van der Waals surface area contributed by atoms with Crippen LogP contribution in [0.3, 0.4) is 0 Å². The topological polar surface area (TPSA) is 86.8 Å². The van der Waals surface area contributed by atoms with Crippen molar-refractivity contribution in [3.05, 3.63) is 93.4 Å². The van der Waals surface area contributed by atoms with Gasteiger partial charge in [-0.25, -0.2) is 8.42 Å². The molecular formula is C27H28Cl3N3O4S. The molecule has 1 atom stereocenters. The van der Waals surface area contributed by atoms with Crippen molar-refractivity contribution in [2.45, 2.75) is 37.8 Å². The molecule has 2 amide bonds. The van der Waals surface area contributed by atoms with E-state index < -0.39 is 28.5 Å². The molecule has 38 heavy (non-hydrogen) atoms. The zero-order valence-corrected chi connectivity index (χ0v) is 24.0. The molecule has 1 N–H and O–H groups in total. The second-order valence-corrected chi connectivity index (χ2v) is 11.5. The van der Waals surface area contributed by atoms with Gasteiger partial charge < -0.3 is 10.2 Å². The molecule has 7 nitrogen and oxygen atoms in total. The summed E-state index contributed by atoms with van der Waals surface area (Å²) in [7, 11) is -4.22. The van der Waals surface area contributed by atoms with Crippen molar-refractivity contribution in [2.75, 3.05) is 17.4 Å². The summed E-state index contributed by atoms with van der Waals surface area (Å²) in [4.78, 5) is 28.2. The summed E-state index contributed by atoms with van der Waals surface area (Å²) in [5, 5.41) is 3.66. The van der Waals surface area contributed by atoms with Crippen LogP contribution >= 0.6 is 34.8 Å². The average molecular weight is 597 g/mol. The van der Waals surface area contributed by atoms with Crippen LogP contribution < -0.4 is 9.62 Å². The standard InChI is InChI=1S/C27H28Cl3N3O4S/c1-3-24(27(35)31-4-2)32(17-19-10-12-20(28)13-11-19)26(34)18-33(25-15-14-21(29)16-23(25)30)38(36,37)22-8-6-5-7-9-22/h5-16,24H,3-4,17-18H2,1-2H3,(H,31,35)/t24-/m0/s1. The van der Waals surface area contributed by atoms with E-state index in [0.29, 0.717) is 23.0 Å². The Kier molecular flexibility index (Phi) is 10.4. The summed E-state index contributed by atoms with van der Waals surface area (Å²) in [6.45, 7) is 3.43. The van der Waals surface area contributed by atoms with E-state index in [-0.39, 0.29) is 28.1 Å². The number of amides is 2. The van der Waals surface area contributed by atoms with E-state index in [2.05, 4.69) is 5.32 Å². The fraction of sp³-hybridized carbons (Fsp3) is 0.259. The van der Waals surface area contributed by atoms with Gasteiger partial charge in [-0.2, -0.15) is 0 Å². The van der Waals surface area contributed by atoms with E-state index in [1.807, 2.05) is 0 Å². The van der Waals surface area contributed by atoms with Gasteiger partial charge in [0.25, 0.3) is 10.0 Å². The molecule has 0 unspecified atom stereocenters. The highest BCUT2D eigenvalue weighted by atomic mass is 35.5. The first-order chi connectivity index (χ1) is 18.1. The molecule has 202 valence electrons. The molecule has 0 heterocycles. The smallest absolute Gasteiger partial charge is 0.264 e. The molecule has 0 bridgehead atoms. The lowest BCUT2D eigenvalue weighted by molar-refractivity contribution is -0.140. The number of carbonyl (C=O) groups excluding carboxylic acids is 2. The summed E-state index contributed by atoms with van der Waals surface area (Å²) < 4.78 is 28.5. The third-order valence-corrected chi connectivity index (χ3v) is 8.36. The minimum atomic E-state index is -4.22. The van der Waals surface area contributed by atoms with E-state index in [4.69, 9.17) is 34.8 Å². The SMILES string of the molecule is CCNC(=O)[C@H](CC)N(Cc1ccc(Cl)cc1)C(=O)CN(c1ccc(Cl)cc1Cl)S(=O)(=O)c1ccccc1. The van der Waals surface area contributed by atoms with E-state index in [9.17, 15) is 18.0 Å². The van der Waals surface area contributed by atoms with E-state index in [1.165, 1.54) is 35.2 Å². The van der Waals surface area contributed by atoms with Crippen LogP contribution in [-0.4, -0.2) is 44.3 Å². The molecule has 0 saturated carbocycles. The second-order valence-electron chi connectivity index (χ2n) is 8.39. The number of likely N-dealkylation sites (N-methyl/N-ethyl adjacent to an activating group) is 1. The summed E-state index contributed by atoms with van der Waals surface area (Å²) in [6.07, 6.45) is 0.318. The van der Waals surface area contributed by atoms with Gasteiger partial charge in [-0.15, -0.1) is 0 Å². The largest absolute Gasteiger partial charge is 0.355 e. The maximum Gasteiger partial charge on any atom is 0.264 e. The van der Waals surface area contributed by atoms with Gasteiger partial charge in [-0.05, 0) is 61.4 Å². The molecule has 0 aliphatic rings.